The van der Waals surface area contributed by atoms with Gasteiger partial charge < -0.3 is 14.6 Å². The van der Waals surface area contributed by atoms with Crippen LogP contribution < -0.4 is 4.74 Å². The minimum Gasteiger partial charge on any atom is -0.481 e. The van der Waals surface area contributed by atoms with Crippen LogP contribution in [-0.2, 0) is 16.0 Å². The highest BCUT2D eigenvalue weighted by Gasteiger charge is 2.31. The van der Waals surface area contributed by atoms with Crippen molar-refractivity contribution in [2.45, 2.75) is 12.8 Å². The Kier molecular flexibility index (Phi) is 4.36. The van der Waals surface area contributed by atoms with Crippen molar-refractivity contribution in [3.8, 4) is 5.75 Å². The molecule has 0 amide bonds. The first-order chi connectivity index (χ1) is 8.71. The number of carbonyl (C=O) groups is 2. The van der Waals surface area contributed by atoms with Gasteiger partial charge in [-0.2, -0.15) is 0 Å². The number of carbonyl (C=O) groups excluding carboxylic acids is 1. The molecule has 0 bridgehead atoms. The number of aliphatic carboxylic acids is 1. The van der Waals surface area contributed by atoms with E-state index >= 15 is 0 Å². The fourth-order valence-corrected chi connectivity index (χ4v) is 1.37. The number of carboxylic acids is 1. The van der Waals surface area contributed by atoms with Gasteiger partial charge in [-0.3, -0.25) is 4.79 Å². The van der Waals surface area contributed by atoms with Crippen LogP contribution in [0.4, 0.5) is 13.2 Å². The van der Waals surface area contributed by atoms with Crippen molar-refractivity contribution < 1.29 is 37.3 Å². The first kappa shape index (κ1) is 14.8. The van der Waals surface area contributed by atoms with Gasteiger partial charge in [-0.15, -0.1) is 13.2 Å². The number of halogens is 3. The zero-order valence-corrected chi connectivity index (χ0v) is 9.65. The zero-order valence-electron chi connectivity index (χ0n) is 9.65. The maximum absolute atomic E-state index is 12.1. The molecule has 0 aromatic heterocycles. The molecule has 1 aromatic carbocycles. The Morgan fingerprint density at radius 3 is 2.37 bits per heavy atom. The smallest absolute Gasteiger partial charge is 0.481 e. The average Bonchev–Trinajstić information content (AvgIpc) is 2.24. The predicted octanol–water partition coefficient (Wildman–Crippen LogP) is 2.00. The van der Waals surface area contributed by atoms with Crippen molar-refractivity contribution in [1.82, 2.24) is 0 Å². The topological polar surface area (TPSA) is 72.8 Å². The molecule has 0 saturated carbocycles. The highest BCUT2D eigenvalue weighted by Crippen LogP contribution is 2.25. The molecule has 1 N–H and O–H groups in total. The van der Waals surface area contributed by atoms with Crippen molar-refractivity contribution in [2.75, 3.05) is 7.11 Å². The molecule has 19 heavy (non-hydrogen) atoms. The van der Waals surface area contributed by atoms with E-state index in [2.05, 4.69) is 9.47 Å². The van der Waals surface area contributed by atoms with Gasteiger partial charge in [-0.1, -0.05) is 0 Å². The second kappa shape index (κ2) is 5.59. The van der Waals surface area contributed by atoms with Crippen LogP contribution in [-0.4, -0.2) is 30.5 Å². The lowest BCUT2D eigenvalue weighted by Gasteiger charge is -2.11. The van der Waals surface area contributed by atoms with Gasteiger partial charge in [0.25, 0.3) is 0 Å². The van der Waals surface area contributed by atoms with Crippen LogP contribution in [0.15, 0.2) is 18.2 Å². The van der Waals surface area contributed by atoms with E-state index in [1.54, 1.807) is 0 Å². The summed E-state index contributed by atoms with van der Waals surface area (Å²) >= 11 is 0. The van der Waals surface area contributed by atoms with Crippen LogP contribution in [0.3, 0.4) is 0 Å². The van der Waals surface area contributed by atoms with Gasteiger partial charge in [0.2, 0.25) is 0 Å². The molecule has 0 unspecified atom stereocenters. The second-order valence-electron chi connectivity index (χ2n) is 3.48. The van der Waals surface area contributed by atoms with Crippen molar-refractivity contribution in [1.29, 1.82) is 0 Å². The summed E-state index contributed by atoms with van der Waals surface area (Å²) in [6, 6.07) is 2.85. The number of hydrogen-bond acceptors (Lipinski definition) is 4. The van der Waals surface area contributed by atoms with E-state index in [1.165, 1.54) is 0 Å². The molecular weight excluding hydrogens is 269 g/mol. The molecule has 104 valence electrons. The average molecular weight is 278 g/mol. The van der Waals surface area contributed by atoms with Crippen molar-refractivity contribution in [3.05, 3.63) is 29.3 Å². The summed E-state index contributed by atoms with van der Waals surface area (Å²) in [7, 11) is 1.05. The minimum atomic E-state index is -4.94. The van der Waals surface area contributed by atoms with Crippen molar-refractivity contribution in [2.24, 2.45) is 0 Å². The highest BCUT2D eigenvalue weighted by molar-refractivity contribution is 5.90. The Hall–Kier alpha value is -2.25. The van der Waals surface area contributed by atoms with Gasteiger partial charge in [-0.25, -0.2) is 4.79 Å². The molecule has 0 fully saturated rings. The third-order valence-electron chi connectivity index (χ3n) is 1.98. The molecule has 0 heterocycles. The molecule has 1 rings (SSSR count). The monoisotopic (exact) mass is 278 g/mol. The first-order valence-electron chi connectivity index (χ1n) is 4.91. The van der Waals surface area contributed by atoms with E-state index in [9.17, 15) is 22.8 Å². The number of esters is 1. The SMILES string of the molecule is COC(=O)c1cc(CC(=O)O)cc(OC(F)(F)F)c1. The fraction of sp³-hybridized carbons (Fsp3) is 0.273. The highest BCUT2D eigenvalue weighted by atomic mass is 19.4. The van der Waals surface area contributed by atoms with E-state index < -0.39 is 30.5 Å². The lowest BCUT2D eigenvalue weighted by molar-refractivity contribution is -0.274. The van der Waals surface area contributed by atoms with Crippen LogP contribution in [0, 0.1) is 0 Å². The summed E-state index contributed by atoms with van der Waals surface area (Å²) in [5, 5.41) is 8.60. The van der Waals surface area contributed by atoms with E-state index in [-0.39, 0.29) is 11.1 Å². The predicted molar refractivity (Wildman–Crippen MR) is 55.8 cm³/mol. The third-order valence-corrected chi connectivity index (χ3v) is 1.98. The summed E-state index contributed by atoms with van der Waals surface area (Å²) in [5.74, 6) is -2.81. The van der Waals surface area contributed by atoms with Gasteiger partial charge in [0.1, 0.15) is 5.75 Å². The summed E-state index contributed by atoms with van der Waals surface area (Å²) in [4.78, 5) is 21.8. The molecule has 0 aliphatic carbocycles. The zero-order chi connectivity index (χ0) is 14.6. The van der Waals surface area contributed by atoms with E-state index in [4.69, 9.17) is 5.11 Å². The third kappa shape index (κ3) is 4.86. The molecule has 0 radical (unpaired) electrons. The number of benzene rings is 1. The maximum Gasteiger partial charge on any atom is 0.573 e. The second-order valence-corrected chi connectivity index (χ2v) is 3.48. The van der Waals surface area contributed by atoms with E-state index in [1.807, 2.05) is 0 Å². The first-order valence-corrected chi connectivity index (χ1v) is 4.91. The van der Waals surface area contributed by atoms with Gasteiger partial charge in [0.15, 0.2) is 0 Å². The van der Waals surface area contributed by atoms with Crippen LogP contribution in [0.1, 0.15) is 15.9 Å². The molecule has 0 atom stereocenters. The van der Waals surface area contributed by atoms with Gasteiger partial charge in [-0.05, 0) is 23.8 Å². The van der Waals surface area contributed by atoms with Crippen LogP contribution in [0.2, 0.25) is 0 Å². The summed E-state index contributed by atoms with van der Waals surface area (Å²) in [5.41, 5.74) is -0.227. The van der Waals surface area contributed by atoms with Gasteiger partial charge in [0.05, 0.1) is 19.1 Å². The maximum atomic E-state index is 12.1. The number of rotatable bonds is 4. The largest absolute Gasteiger partial charge is 0.573 e. The summed E-state index contributed by atoms with van der Waals surface area (Å²) in [6.45, 7) is 0. The molecule has 0 aliphatic heterocycles. The Labute approximate surface area is 105 Å². The molecule has 5 nitrogen and oxygen atoms in total. The molecule has 0 spiro atoms. The molecule has 0 saturated heterocycles. The Morgan fingerprint density at radius 2 is 1.89 bits per heavy atom. The molecule has 1 aromatic rings. The lowest BCUT2D eigenvalue weighted by Crippen LogP contribution is -2.18. The van der Waals surface area contributed by atoms with Crippen molar-refractivity contribution in [3.63, 3.8) is 0 Å². The number of ether oxygens (including phenoxy) is 2. The fourth-order valence-electron chi connectivity index (χ4n) is 1.37. The van der Waals surface area contributed by atoms with E-state index in [0.29, 0.717) is 0 Å². The van der Waals surface area contributed by atoms with Crippen LogP contribution >= 0.6 is 0 Å². The number of alkyl halides is 3. The minimum absolute atomic E-state index is 0.00495. The Morgan fingerprint density at radius 1 is 1.26 bits per heavy atom. The quantitative estimate of drug-likeness (QED) is 0.853. The standard InChI is InChI=1S/C11H9F3O5/c1-18-10(17)7-2-6(4-9(15)16)3-8(5-7)19-11(12,13)14/h2-3,5H,4H2,1H3,(H,15,16). The van der Waals surface area contributed by atoms with Crippen LogP contribution in [0.5, 0.6) is 5.75 Å². The van der Waals surface area contributed by atoms with Gasteiger partial charge >= 0.3 is 18.3 Å². The summed E-state index contributed by atoms with van der Waals surface area (Å²) < 4.78 is 44.3. The van der Waals surface area contributed by atoms with Crippen molar-refractivity contribution >= 4 is 11.9 Å². The Bertz CT molecular complexity index is 496. The molecule has 0 aliphatic rings. The lowest BCUT2D eigenvalue weighted by atomic mass is 10.1. The number of carboxylic acid groups (broad SMARTS) is 1. The molecular formula is C11H9F3O5. The van der Waals surface area contributed by atoms with E-state index in [0.717, 1.165) is 25.3 Å². The van der Waals surface area contributed by atoms with Crippen LogP contribution in [0.25, 0.3) is 0 Å². The summed E-state index contributed by atoms with van der Waals surface area (Å²) in [6.07, 6.45) is -5.48. The number of hydrogen-bond donors (Lipinski definition) is 1. The Balaban J connectivity index is 3.15. The molecule has 8 heteroatoms. The van der Waals surface area contributed by atoms with Gasteiger partial charge in [0, 0.05) is 0 Å². The normalized spacial score (nSPS) is 10.9. The number of methoxy groups -OCH3 is 1.